The van der Waals surface area contributed by atoms with Crippen molar-refractivity contribution in [2.45, 2.75) is 39.8 Å². The van der Waals surface area contributed by atoms with Crippen molar-refractivity contribution < 1.29 is 4.79 Å². The molecule has 3 rings (SSSR count). The van der Waals surface area contributed by atoms with Gasteiger partial charge in [0.25, 0.3) is 0 Å². The molecule has 1 amide bonds. The highest BCUT2D eigenvalue weighted by atomic mass is 16.2. The molecule has 1 atom stereocenters. The van der Waals surface area contributed by atoms with Crippen molar-refractivity contribution in [3.63, 3.8) is 0 Å². The molecule has 0 bridgehead atoms. The first-order valence-corrected chi connectivity index (χ1v) is 9.01. The quantitative estimate of drug-likeness (QED) is 0.859. The molecule has 1 aromatic heterocycles. The summed E-state index contributed by atoms with van der Waals surface area (Å²) < 4.78 is 1.97. The largest absolute Gasteiger partial charge is 0.339 e. The number of nitrogens with zero attached hydrogens (tertiary/aromatic N) is 4. The van der Waals surface area contributed by atoms with Crippen LogP contribution in [-0.2, 0) is 11.3 Å². The first-order chi connectivity index (χ1) is 12.0. The smallest absolute Gasteiger partial charge is 0.224 e. The van der Waals surface area contributed by atoms with Gasteiger partial charge >= 0.3 is 0 Å². The van der Waals surface area contributed by atoms with E-state index in [0.717, 1.165) is 31.0 Å². The highest BCUT2D eigenvalue weighted by Crippen LogP contribution is 2.24. The average Bonchev–Trinajstić information content (AvgIpc) is 2.87. The Bertz CT molecular complexity index is 738. The SMILES string of the molecule is Cc1nn(CCC(=O)N2CCN(C)[C@@H](c3ccccc3)C2)c(C)c1C. The van der Waals surface area contributed by atoms with Gasteiger partial charge in [0, 0.05) is 38.3 Å². The van der Waals surface area contributed by atoms with Gasteiger partial charge in [0.15, 0.2) is 0 Å². The number of amides is 1. The summed E-state index contributed by atoms with van der Waals surface area (Å²) in [5.41, 5.74) is 4.70. The van der Waals surface area contributed by atoms with Gasteiger partial charge in [0.05, 0.1) is 11.7 Å². The highest BCUT2D eigenvalue weighted by molar-refractivity contribution is 5.76. The van der Waals surface area contributed by atoms with Gasteiger partial charge in [0.1, 0.15) is 0 Å². The maximum Gasteiger partial charge on any atom is 0.224 e. The van der Waals surface area contributed by atoms with Crippen molar-refractivity contribution in [3.8, 4) is 0 Å². The normalized spacial score (nSPS) is 18.6. The molecule has 0 aliphatic carbocycles. The van der Waals surface area contributed by atoms with Crippen molar-refractivity contribution in [2.75, 3.05) is 26.7 Å². The van der Waals surface area contributed by atoms with E-state index < -0.39 is 0 Å². The number of likely N-dealkylation sites (N-methyl/N-ethyl adjacent to an activating group) is 1. The lowest BCUT2D eigenvalue weighted by Crippen LogP contribution is -2.49. The Balaban J connectivity index is 1.63. The summed E-state index contributed by atoms with van der Waals surface area (Å²) >= 11 is 0. The number of aromatic nitrogens is 2. The second-order valence-electron chi connectivity index (χ2n) is 7.02. The molecule has 2 heterocycles. The number of hydrogen-bond donors (Lipinski definition) is 0. The van der Waals surface area contributed by atoms with Gasteiger partial charge < -0.3 is 4.90 Å². The van der Waals surface area contributed by atoms with Crippen LogP contribution in [0.5, 0.6) is 0 Å². The van der Waals surface area contributed by atoms with Crippen LogP contribution < -0.4 is 0 Å². The van der Waals surface area contributed by atoms with Crippen LogP contribution in [0.2, 0.25) is 0 Å². The van der Waals surface area contributed by atoms with Gasteiger partial charge in [-0.3, -0.25) is 14.4 Å². The number of aryl methyl sites for hydroxylation is 2. The van der Waals surface area contributed by atoms with Gasteiger partial charge in [-0.1, -0.05) is 30.3 Å². The predicted molar refractivity (Wildman–Crippen MR) is 99.4 cm³/mol. The fourth-order valence-corrected chi connectivity index (χ4v) is 3.50. The maximum absolute atomic E-state index is 12.7. The minimum atomic E-state index is 0.222. The molecule has 0 unspecified atom stereocenters. The lowest BCUT2D eigenvalue weighted by molar-refractivity contribution is -0.134. The Kier molecular flexibility index (Phi) is 5.23. The Morgan fingerprint density at radius 2 is 1.88 bits per heavy atom. The Labute approximate surface area is 150 Å². The first kappa shape index (κ1) is 17.7. The maximum atomic E-state index is 12.7. The van der Waals surface area contributed by atoms with E-state index in [4.69, 9.17) is 0 Å². The van der Waals surface area contributed by atoms with Crippen LogP contribution in [0.3, 0.4) is 0 Å². The van der Waals surface area contributed by atoms with Crippen molar-refractivity contribution in [3.05, 3.63) is 52.8 Å². The topological polar surface area (TPSA) is 41.4 Å². The number of carbonyl (C=O) groups is 1. The molecule has 1 saturated heterocycles. The van der Waals surface area contributed by atoms with Gasteiger partial charge in [-0.25, -0.2) is 0 Å². The molecule has 0 N–H and O–H groups in total. The van der Waals surface area contributed by atoms with Crippen LogP contribution >= 0.6 is 0 Å². The van der Waals surface area contributed by atoms with Crippen LogP contribution in [0.25, 0.3) is 0 Å². The molecule has 0 saturated carbocycles. The van der Waals surface area contributed by atoms with Crippen molar-refractivity contribution in [1.82, 2.24) is 19.6 Å². The Hall–Kier alpha value is -2.14. The molecule has 1 aromatic carbocycles. The Morgan fingerprint density at radius 3 is 2.52 bits per heavy atom. The van der Waals surface area contributed by atoms with Crippen molar-refractivity contribution in [2.24, 2.45) is 0 Å². The molecule has 134 valence electrons. The predicted octanol–water partition coefficient (Wildman–Crippen LogP) is 2.71. The standard InChI is InChI=1S/C20H28N4O/c1-15-16(2)21-24(17(15)3)11-10-20(25)23-13-12-22(4)19(14-23)18-8-6-5-7-9-18/h5-9,19H,10-14H2,1-4H3/t19-/m1/s1. The Morgan fingerprint density at radius 1 is 1.16 bits per heavy atom. The van der Waals surface area contributed by atoms with E-state index in [1.165, 1.54) is 11.1 Å². The van der Waals surface area contributed by atoms with Crippen LogP contribution in [0.1, 0.15) is 35.0 Å². The van der Waals surface area contributed by atoms with E-state index in [1.807, 2.05) is 22.6 Å². The van der Waals surface area contributed by atoms with E-state index in [1.54, 1.807) is 0 Å². The second kappa shape index (κ2) is 7.40. The van der Waals surface area contributed by atoms with E-state index in [-0.39, 0.29) is 11.9 Å². The number of benzene rings is 1. The van der Waals surface area contributed by atoms with Crippen LogP contribution in [-0.4, -0.2) is 52.2 Å². The third kappa shape index (κ3) is 3.76. The summed E-state index contributed by atoms with van der Waals surface area (Å²) in [6.45, 7) is 9.30. The summed E-state index contributed by atoms with van der Waals surface area (Å²) in [5, 5.41) is 4.54. The zero-order chi connectivity index (χ0) is 18.0. The molecular formula is C20H28N4O. The fourth-order valence-electron chi connectivity index (χ4n) is 3.50. The summed E-state index contributed by atoms with van der Waals surface area (Å²) in [5.74, 6) is 0.222. The summed E-state index contributed by atoms with van der Waals surface area (Å²) in [4.78, 5) is 17.1. The van der Waals surface area contributed by atoms with Crippen LogP contribution in [0.15, 0.2) is 30.3 Å². The van der Waals surface area contributed by atoms with E-state index in [2.05, 4.69) is 55.2 Å². The lowest BCUT2D eigenvalue weighted by atomic mass is 10.0. The number of piperazine rings is 1. The molecule has 25 heavy (non-hydrogen) atoms. The zero-order valence-electron chi connectivity index (χ0n) is 15.7. The van der Waals surface area contributed by atoms with E-state index in [0.29, 0.717) is 13.0 Å². The van der Waals surface area contributed by atoms with E-state index in [9.17, 15) is 4.79 Å². The van der Waals surface area contributed by atoms with Crippen LogP contribution in [0, 0.1) is 20.8 Å². The molecule has 5 nitrogen and oxygen atoms in total. The molecule has 1 fully saturated rings. The van der Waals surface area contributed by atoms with Crippen LogP contribution in [0.4, 0.5) is 0 Å². The van der Waals surface area contributed by atoms with Crippen molar-refractivity contribution in [1.29, 1.82) is 0 Å². The molecule has 1 aliphatic rings. The third-order valence-electron chi connectivity index (χ3n) is 5.47. The molecule has 2 aromatic rings. The van der Waals surface area contributed by atoms with Gasteiger partial charge in [-0.15, -0.1) is 0 Å². The number of hydrogen-bond acceptors (Lipinski definition) is 3. The molecule has 0 spiro atoms. The third-order valence-corrected chi connectivity index (χ3v) is 5.47. The summed E-state index contributed by atoms with van der Waals surface area (Å²) in [6.07, 6.45) is 0.507. The first-order valence-electron chi connectivity index (χ1n) is 9.01. The number of carbonyl (C=O) groups excluding carboxylic acids is 1. The minimum Gasteiger partial charge on any atom is -0.339 e. The fraction of sp³-hybridized carbons (Fsp3) is 0.500. The lowest BCUT2D eigenvalue weighted by Gasteiger charge is -2.39. The number of rotatable bonds is 4. The molecule has 5 heteroatoms. The monoisotopic (exact) mass is 340 g/mol. The summed E-state index contributed by atoms with van der Waals surface area (Å²) in [7, 11) is 2.14. The van der Waals surface area contributed by atoms with Gasteiger partial charge in [-0.2, -0.15) is 5.10 Å². The molecular weight excluding hydrogens is 312 g/mol. The van der Waals surface area contributed by atoms with Gasteiger partial charge in [0.2, 0.25) is 5.91 Å². The molecule has 0 radical (unpaired) electrons. The zero-order valence-corrected chi connectivity index (χ0v) is 15.7. The second-order valence-corrected chi connectivity index (χ2v) is 7.02. The summed E-state index contributed by atoms with van der Waals surface area (Å²) in [6, 6.07) is 10.7. The van der Waals surface area contributed by atoms with E-state index >= 15 is 0 Å². The molecule has 1 aliphatic heterocycles. The average molecular weight is 340 g/mol. The van der Waals surface area contributed by atoms with Gasteiger partial charge in [-0.05, 0) is 38.9 Å². The highest BCUT2D eigenvalue weighted by Gasteiger charge is 2.28. The minimum absolute atomic E-state index is 0.222. The van der Waals surface area contributed by atoms with Crippen molar-refractivity contribution >= 4 is 5.91 Å².